The van der Waals surface area contributed by atoms with Gasteiger partial charge in [0.1, 0.15) is 4.70 Å². The van der Waals surface area contributed by atoms with Gasteiger partial charge in [0.15, 0.2) is 0 Å². The molecule has 2 aromatic heterocycles. The van der Waals surface area contributed by atoms with Gasteiger partial charge >= 0.3 is 12.1 Å². The van der Waals surface area contributed by atoms with Crippen LogP contribution in [0, 0.1) is 0 Å². The molecule has 4 heterocycles. The molecule has 0 saturated carbocycles. The van der Waals surface area contributed by atoms with Crippen LogP contribution in [0.15, 0.2) is 41.5 Å². The Morgan fingerprint density at radius 2 is 1.88 bits per heavy atom. The zero-order chi connectivity index (χ0) is 24.0. The predicted molar refractivity (Wildman–Crippen MR) is 131 cm³/mol. The van der Waals surface area contributed by atoms with Crippen molar-refractivity contribution in [1.29, 1.82) is 0 Å². The van der Waals surface area contributed by atoms with E-state index in [0.717, 1.165) is 10.4 Å². The van der Waals surface area contributed by atoms with E-state index in [4.69, 9.17) is 11.6 Å². The molecule has 3 amide bonds. The number of carbonyl (C=O) groups is 2. The number of halogens is 1. The Morgan fingerprint density at radius 3 is 2.59 bits per heavy atom. The number of aromatic nitrogens is 2. The van der Waals surface area contributed by atoms with E-state index in [0.29, 0.717) is 54.3 Å². The highest BCUT2D eigenvalue weighted by Gasteiger charge is 2.35. The fourth-order valence-electron chi connectivity index (χ4n) is 4.69. The molecule has 0 spiro atoms. The molecule has 2 aliphatic heterocycles. The van der Waals surface area contributed by atoms with Crippen LogP contribution < -0.4 is 5.56 Å². The highest BCUT2D eigenvalue weighted by molar-refractivity contribution is 7.22. The third-order valence-corrected chi connectivity index (χ3v) is 8.12. The number of urea groups is 1. The first-order valence-electron chi connectivity index (χ1n) is 11.1. The summed E-state index contributed by atoms with van der Waals surface area (Å²) in [6, 6.07) is 8.96. The Morgan fingerprint density at radius 1 is 1.15 bits per heavy atom. The van der Waals surface area contributed by atoms with Gasteiger partial charge in [-0.15, -0.1) is 11.3 Å². The number of benzene rings is 1. The zero-order valence-corrected chi connectivity index (χ0v) is 20.1. The van der Waals surface area contributed by atoms with Crippen LogP contribution in [0.3, 0.4) is 0 Å². The van der Waals surface area contributed by atoms with Gasteiger partial charge in [-0.05, 0) is 36.6 Å². The predicted octanol–water partition coefficient (Wildman–Crippen LogP) is 3.83. The maximum absolute atomic E-state index is 13.3. The van der Waals surface area contributed by atoms with E-state index in [1.807, 2.05) is 30.3 Å². The normalized spacial score (nSPS) is 20.3. The number of hydrogen-bond acceptors (Lipinski definition) is 5. The smallest absolute Gasteiger partial charge is 0.407 e. The lowest BCUT2D eigenvalue weighted by Crippen LogP contribution is -2.46. The summed E-state index contributed by atoms with van der Waals surface area (Å²) in [5, 5.41) is 9.83. The fraction of sp³-hybridized carbons (Fsp3) is 0.391. The van der Waals surface area contributed by atoms with E-state index in [1.54, 1.807) is 27.7 Å². The summed E-state index contributed by atoms with van der Waals surface area (Å²) in [5.74, 6) is 0. The van der Waals surface area contributed by atoms with Crippen molar-refractivity contribution in [3.05, 3.63) is 52.0 Å². The van der Waals surface area contributed by atoms with Gasteiger partial charge in [-0.3, -0.25) is 9.36 Å². The van der Waals surface area contributed by atoms with Crippen molar-refractivity contribution in [2.45, 2.75) is 24.9 Å². The zero-order valence-electron chi connectivity index (χ0n) is 18.6. The molecule has 34 heavy (non-hydrogen) atoms. The molecule has 2 atom stereocenters. The van der Waals surface area contributed by atoms with Crippen LogP contribution in [-0.2, 0) is 0 Å². The first kappa shape index (κ1) is 22.7. The molecule has 0 radical (unpaired) electrons. The highest BCUT2D eigenvalue weighted by atomic mass is 35.5. The summed E-state index contributed by atoms with van der Waals surface area (Å²) < 4.78 is 2.23. The quantitative estimate of drug-likeness (QED) is 0.588. The number of amides is 3. The minimum Gasteiger partial charge on any atom is -0.465 e. The van der Waals surface area contributed by atoms with Gasteiger partial charge in [0.05, 0.1) is 23.9 Å². The second-order valence-electron chi connectivity index (χ2n) is 8.74. The summed E-state index contributed by atoms with van der Waals surface area (Å²) >= 11 is 7.39. The van der Waals surface area contributed by atoms with Crippen molar-refractivity contribution in [3.8, 4) is 10.4 Å². The molecule has 5 rings (SSSR count). The summed E-state index contributed by atoms with van der Waals surface area (Å²) in [6.45, 7) is 1.71. The lowest BCUT2D eigenvalue weighted by atomic mass is 10.2. The standard InChI is InChI=1S/C23H24ClN5O4S/c1-26(16-6-9-28(11-16)23(32)33)22(31)27-8-7-17(12-27)29-13-25-18-10-19(34-20(18)21(29)30)14-2-4-15(24)5-3-14/h2-5,10,13,16-17H,6-9,11-12H2,1H3,(H,32,33). The molecule has 9 nitrogen and oxygen atoms in total. The van der Waals surface area contributed by atoms with Crippen LogP contribution in [0.4, 0.5) is 9.59 Å². The van der Waals surface area contributed by atoms with Gasteiger partial charge in [-0.25, -0.2) is 14.6 Å². The number of nitrogens with zero attached hydrogens (tertiary/aromatic N) is 5. The van der Waals surface area contributed by atoms with Gasteiger partial charge in [-0.1, -0.05) is 23.7 Å². The van der Waals surface area contributed by atoms with Gasteiger partial charge in [0.2, 0.25) is 0 Å². The van der Waals surface area contributed by atoms with Gasteiger partial charge in [-0.2, -0.15) is 0 Å². The molecule has 0 bridgehead atoms. The van der Waals surface area contributed by atoms with Crippen LogP contribution in [0.5, 0.6) is 0 Å². The SMILES string of the molecule is CN(C(=O)N1CCC(n2cnc3cc(-c4ccc(Cl)cc4)sc3c2=O)C1)C1CCN(C(=O)O)C1. The van der Waals surface area contributed by atoms with Crippen molar-refractivity contribution in [3.63, 3.8) is 0 Å². The van der Waals surface area contributed by atoms with E-state index < -0.39 is 6.09 Å². The van der Waals surface area contributed by atoms with E-state index in [1.165, 1.54) is 16.2 Å². The van der Waals surface area contributed by atoms with Crippen LogP contribution in [0.25, 0.3) is 20.7 Å². The molecule has 0 aliphatic carbocycles. The van der Waals surface area contributed by atoms with E-state index >= 15 is 0 Å². The van der Waals surface area contributed by atoms with Crippen LogP contribution in [0.2, 0.25) is 5.02 Å². The van der Waals surface area contributed by atoms with Crippen molar-refractivity contribution < 1.29 is 14.7 Å². The summed E-state index contributed by atoms with van der Waals surface area (Å²) in [5.41, 5.74) is 1.54. The third-order valence-electron chi connectivity index (χ3n) is 6.70. The second kappa shape index (κ2) is 8.92. The number of hydrogen-bond donors (Lipinski definition) is 1. The molecule has 178 valence electrons. The van der Waals surface area contributed by atoms with E-state index in [2.05, 4.69) is 4.98 Å². The lowest BCUT2D eigenvalue weighted by Gasteiger charge is -2.29. The van der Waals surface area contributed by atoms with Gasteiger partial charge in [0.25, 0.3) is 5.56 Å². The molecule has 1 N–H and O–H groups in total. The third kappa shape index (κ3) is 4.12. The topological polar surface area (TPSA) is 99.0 Å². The van der Waals surface area contributed by atoms with Gasteiger partial charge in [0, 0.05) is 43.1 Å². The van der Waals surface area contributed by atoms with Crippen molar-refractivity contribution in [1.82, 2.24) is 24.3 Å². The van der Waals surface area contributed by atoms with Crippen LogP contribution in [0.1, 0.15) is 18.9 Å². The molecule has 2 aliphatic rings. The minimum absolute atomic E-state index is 0.101. The first-order valence-corrected chi connectivity index (χ1v) is 12.3. The summed E-state index contributed by atoms with van der Waals surface area (Å²) in [7, 11) is 1.72. The maximum atomic E-state index is 13.3. The molecule has 2 unspecified atom stereocenters. The summed E-state index contributed by atoms with van der Waals surface area (Å²) in [4.78, 5) is 47.7. The molecule has 2 fully saturated rings. The van der Waals surface area contributed by atoms with E-state index in [-0.39, 0.29) is 23.7 Å². The fourth-order valence-corrected chi connectivity index (χ4v) is 5.87. The molecular formula is C23H24ClN5O4S. The number of rotatable bonds is 3. The molecule has 2 saturated heterocycles. The number of carbonyl (C=O) groups excluding carboxylic acids is 1. The van der Waals surface area contributed by atoms with Crippen molar-refractivity contribution in [2.75, 3.05) is 33.2 Å². The monoisotopic (exact) mass is 501 g/mol. The number of fused-ring (bicyclic) bond motifs is 1. The average molecular weight is 502 g/mol. The first-order chi connectivity index (χ1) is 16.3. The Labute approximate surface area is 204 Å². The Hall–Kier alpha value is -3.11. The number of thiophene rings is 1. The molecular weight excluding hydrogens is 478 g/mol. The minimum atomic E-state index is -0.959. The maximum Gasteiger partial charge on any atom is 0.407 e. The van der Waals surface area contributed by atoms with Crippen molar-refractivity contribution >= 4 is 45.3 Å². The van der Waals surface area contributed by atoms with Crippen LogP contribution in [-0.4, -0.2) is 80.8 Å². The number of likely N-dealkylation sites (tertiary alicyclic amines) is 2. The molecule has 3 aromatic rings. The lowest BCUT2D eigenvalue weighted by molar-refractivity contribution is 0.142. The molecule has 1 aromatic carbocycles. The van der Waals surface area contributed by atoms with Gasteiger partial charge < -0.3 is 19.8 Å². The second-order valence-corrected chi connectivity index (χ2v) is 10.2. The highest BCUT2D eigenvalue weighted by Crippen LogP contribution is 2.32. The Balaban J connectivity index is 1.31. The van der Waals surface area contributed by atoms with Crippen LogP contribution >= 0.6 is 22.9 Å². The largest absolute Gasteiger partial charge is 0.465 e. The Bertz CT molecular complexity index is 1310. The van der Waals surface area contributed by atoms with Crippen molar-refractivity contribution in [2.24, 2.45) is 0 Å². The number of likely N-dealkylation sites (N-methyl/N-ethyl adjacent to an activating group) is 1. The molecule has 11 heteroatoms. The average Bonchev–Trinajstić information content (AvgIpc) is 3.58. The number of carboxylic acid groups (broad SMARTS) is 1. The van der Waals surface area contributed by atoms with E-state index in [9.17, 15) is 19.5 Å². The Kier molecular flexibility index (Phi) is 5.95. The summed E-state index contributed by atoms with van der Waals surface area (Å²) in [6.07, 6.45) is 1.90.